The molecule has 0 aliphatic carbocycles. The van der Waals surface area contributed by atoms with Crippen molar-refractivity contribution in [1.82, 2.24) is 0 Å². The van der Waals surface area contributed by atoms with E-state index in [1.807, 2.05) is 0 Å². The summed E-state index contributed by atoms with van der Waals surface area (Å²) in [5.74, 6) is 0. The van der Waals surface area contributed by atoms with E-state index in [1.54, 1.807) is 0 Å². The average molecular weight is 315 g/mol. The van der Waals surface area contributed by atoms with E-state index in [1.165, 1.54) is 11.1 Å². The van der Waals surface area contributed by atoms with Crippen LogP contribution in [0, 0.1) is 5.41 Å². The summed E-state index contributed by atoms with van der Waals surface area (Å²) in [6.07, 6.45) is 0. The smallest absolute Gasteiger partial charge is 0.0564 e. The third-order valence-electron chi connectivity index (χ3n) is 3.78. The highest BCUT2D eigenvalue weighted by Crippen LogP contribution is 2.63. The summed E-state index contributed by atoms with van der Waals surface area (Å²) in [4.78, 5) is 0. The number of hydrogen-bond acceptors (Lipinski definition) is 2. The number of rotatable bonds is 2. The Balaban J connectivity index is 1.95. The molecule has 2 aromatic carbocycles. The molecule has 1 saturated heterocycles. The molecule has 1 unspecified atom stereocenters. The summed E-state index contributed by atoms with van der Waals surface area (Å²) >= 11 is 4.27. The van der Waals surface area contributed by atoms with Crippen LogP contribution in [0.3, 0.4) is 0 Å². The molecule has 1 aliphatic rings. The van der Waals surface area contributed by atoms with Crippen LogP contribution in [-0.4, -0.2) is 4.58 Å². The lowest BCUT2D eigenvalue weighted by Crippen LogP contribution is -2.17. The maximum absolute atomic E-state index is 2.35. The predicted molar refractivity (Wildman–Crippen MR) is 96.8 cm³/mol. The van der Waals surface area contributed by atoms with Gasteiger partial charge in [0.2, 0.25) is 0 Å². The fourth-order valence-electron chi connectivity index (χ4n) is 2.64. The van der Waals surface area contributed by atoms with E-state index >= 15 is 0 Å². The molecule has 0 radical (unpaired) electrons. The van der Waals surface area contributed by atoms with E-state index in [9.17, 15) is 0 Å². The molecule has 21 heavy (non-hydrogen) atoms. The first kappa shape index (κ1) is 15.1. The van der Waals surface area contributed by atoms with Gasteiger partial charge in [0.25, 0.3) is 0 Å². The third-order valence-corrected chi connectivity index (χ3v) is 8.20. The Labute approximate surface area is 136 Å². The fraction of sp³-hybridized carbons (Fsp3) is 0.368. The molecule has 0 amide bonds. The van der Waals surface area contributed by atoms with Gasteiger partial charge in [-0.25, -0.2) is 0 Å². The Morgan fingerprint density at radius 1 is 0.667 bits per heavy atom. The molecule has 0 saturated carbocycles. The topological polar surface area (TPSA) is 0 Å². The van der Waals surface area contributed by atoms with Crippen LogP contribution in [0.15, 0.2) is 60.7 Å². The first-order valence-electron chi connectivity index (χ1n) is 7.46. The van der Waals surface area contributed by atoms with Gasteiger partial charge in [-0.05, 0) is 16.5 Å². The van der Waals surface area contributed by atoms with Crippen molar-refractivity contribution < 1.29 is 0 Å². The Morgan fingerprint density at radius 3 is 1.38 bits per heavy atom. The predicted octanol–water partition coefficient (Wildman–Crippen LogP) is 6.32. The van der Waals surface area contributed by atoms with Crippen LogP contribution >= 0.6 is 23.5 Å². The van der Waals surface area contributed by atoms with Crippen molar-refractivity contribution in [1.29, 1.82) is 0 Å². The molecule has 110 valence electrons. The summed E-state index contributed by atoms with van der Waals surface area (Å²) in [6, 6.07) is 22.0. The Hall–Kier alpha value is -0.860. The van der Waals surface area contributed by atoms with Gasteiger partial charge in [-0.15, -0.1) is 23.5 Å². The fourth-order valence-corrected chi connectivity index (χ4v) is 6.58. The molecule has 1 aliphatic heterocycles. The van der Waals surface area contributed by atoms with Crippen molar-refractivity contribution in [2.24, 2.45) is 5.41 Å². The third kappa shape index (κ3) is 3.32. The van der Waals surface area contributed by atoms with Gasteiger partial charge in [-0.3, -0.25) is 0 Å². The normalized spacial score (nSPS) is 26.0. The van der Waals surface area contributed by atoms with Crippen molar-refractivity contribution in [2.45, 2.75) is 35.9 Å². The molecular weight excluding hydrogens is 292 g/mol. The minimum absolute atomic E-state index is 0.325. The van der Waals surface area contributed by atoms with Crippen LogP contribution in [0.2, 0.25) is 0 Å². The van der Waals surface area contributed by atoms with Crippen molar-refractivity contribution >= 4 is 23.5 Å². The highest BCUT2D eigenvalue weighted by atomic mass is 32.2. The standard InChI is InChI=1S/C19H22S2/c1-19(2,3)18-20-16(14-10-6-4-7-11-14)17(21-18)15-12-8-5-9-13-15/h4-13,16-18H,1-3H3/t16-,17+,18?. The lowest BCUT2D eigenvalue weighted by Gasteiger charge is -2.25. The second-order valence-electron chi connectivity index (χ2n) is 6.63. The van der Waals surface area contributed by atoms with Crippen molar-refractivity contribution in [3.8, 4) is 0 Å². The lowest BCUT2D eigenvalue weighted by atomic mass is 10.0. The van der Waals surface area contributed by atoms with Gasteiger partial charge in [-0.2, -0.15) is 0 Å². The minimum Gasteiger partial charge on any atom is -0.137 e. The second-order valence-corrected chi connectivity index (χ2v) is 9.43. The maximum Gasteiger partial charge on any atom is 0.0564 e. The van der Waals surface area contributed by atoms with Gasteiger partial charge in [0.05, 0.1) is 4.58 Å². The van der Waals surface area contributed by atoms with Crippen LogP contribution in [0.4, 0.5) is 0 Å². The average Bonchev–Trinajstić information content (AvgIpc) is 2.94. The molecule has 2 aromatic rings. The second kappa shape index (κ2) is 6.10. The highest BCUT2D eigenvalue weighted by molar-refractivity contribution is 8.20. The van der Waals surface area contributed by atoms with Crippen molar-refractivity contribution in [3.63, 3.8) is 0 Å². The molecule has 3 rings (SSSR count). The number of thioether (sulfide) groups is 2. The molecule has 0 spiro atoms. The number of hydrogen-bond donors (Lipinski definition) is 0. The van der Waals surface area contributed by atoms with Crippen LogP contribution in [0.5, 0.6) is 0 Å². The SMILES string of the molecule is CC(C)(C)C1S[C@H](c2ccccc2)[C@H](c2ccccc2)S1. The van der Waals surface area contributed by atoms with Crippen LogP contribution in [0.25, 0.3) is 0 Å². The minimum atomic E-state index is 0.325. The van der Waals surface area contributed by atoms with Crippen molar-refractivity contribution in [2.75, 3.05) is 0 Å². The van der Waals surface area contributed by atoms with E-state index in [-0.39, 0.29) is 0 Å². The largest absolute Gasteiger partial charge is 0.137 e. The highest BCUT2D eigenvalue weighted by Gasteiger charge is 2.42. The molecule has 0 aromatic heterocycles. The molecule has 1 heterocycles. The monoisotopic (exact) mass is 314 g/mol. The molecule has 0 N–H and O–H groups in total. The van der Waals surface area contributed by atoms with Gasteiger partial charge in [0.15, 0.2) is 0 Å². The van der Waals surface area contributed by atoms with Gasteiger partial charge < -0.3 is 0 Å². The molecule has 1 fully saturated rings. The van der Waals surface area contributed by atoms with Crippen molar-refractivity contribution in [3.05, 3.63) is 71.8 Å². The maximum atomic E-state index is 2.35. The Bertz CT molecular complexity index is 524. The van der Waals surface area contributed by atoms with Gasteiger partial charge in [0, 0.05) is 10.5 Å². The number of benzene rings is 2. The zero-order chi connectivity index (χ0) is 14.9. The first-order valence-corrected chi connectivity index (χ1v) is 9.35. The summed E-state index contributed by atoms with van der Waals surface area (Å²) in [7, 11) is 0. The van der Waals surface area contributed by atoms with Gasteiger partial charge in [-0.1, -0.05) is 81.4 Å². The summed E-state index contributed by atoms with van der Waals surface area (Å²) in [5.41, 5.74) is 3.23. The molecule has 3 atom stereocenters. The molecular formula is C19H22S2. The van der Waals surface area contributed by atoms with Crippen LogP contribution < -0.4 is 0 Å². The summed E-state index contributed by atoms with van der Waals surface area (Å²) in [5, 5.41) is 1.09. The quantitative estimate of drug-likeness (QED) is 0.636. The first-order chi connectivity index (χ1) is 10.1. The Kier molecular flexibility index (Phi) is 4.37. The molecule has 0 nitrogen and oxygen atoms in total. The van der Waals surface area contributed by atoms with E-state index in [0.29, 0.717) is 20.5 Å². The van der Waals surface area contributed by atoms with Gasteiger partial charge >= 0.3 is 0 Å². The molecule has 2 heteroatoms. The van der Waals surface area contributed by atoms with E-state index < -0.39 is 0 Å². The van der Waals surface area contributed by atoms with E-state index in [2.05, 4.69) is 105 Å². The van der Waals surface area contributed by atoms with Crippen LogP contribution in [-0.2, 0) is 0 Å². The van der Waals surface area contributed by atoms with E-state index in [0.717, 1.165) is 0 Å². The summed E-state index contributed by atoms with van der Waals surface area (Å²) in [6.45, 7) is 7.06. The zero-order valence-electron chi connectivity index (χ0n) is 12.8. The Morgan fingerprint density at radius 2 is 1.05 bits per heavy atom. The van der Waals surface area contributed by atoms with E-state index in [4.69, 9.17) is 0 Å². The van der Waals surface area contributed by atoms with Crippen LogP contribution in [0.1, 0.15) is 42.4 Å². The lowest BCUT2D eigenvalue weighted by molar-refractivity contribution is 0.461. The summed E-state index contributed by atoms with van der Waals surface area (Å²) < 4.78 is 0.632. The van der Waals surface area contributed by atoms with Gasteiger partial charge in [0.1, 0.15) is 0 Å². The molecule has 0 bridgehead atoms. The zero-order valence-corrected chi connectivity index (χ0v) is 14.5.